The van der Waals surface area contributed by atoms with Crippen LogP contribution >= 0.6 is 11.8 Å². The molecule has 1 aromatic carbocycles. The summed E-state index contributed by atoms with van der Waals surface area (Å²) in [5.41, 5.74) is 15.5. The Labute approximate surface area is 342 Å². The Hall–Kier alpha value is -5.06. The van der Waals surface area contributed by atoms with E-state index in [1.807, 2.05) is 12.3 Å². The molecule has 282 valence electrons. The van der Waals surface area contributed by atoms with Gasteiger partial charge in [-0.05, 0) is 137 Å². The maximum Gasteiger partial charge on any atom is 0.0626 e. The predicted molar refractivity (Wildman–Crippen MR) is 237 cm³/mol. The lowest BCUT2D eigenvalue weighted by Crippen LogP contribution is -2.43. The third-order valence-corrected chi connectivity index (χ3v) is 15.6. The van der Waals surface area contributed by atoms with Gasteiger partial charge >= 0.3 is 0 Å². The number of fused-ring (bicyclic) bond motifs is 7. The molecule has 3 aliphatic heterocycles. The molecule has 4 heteroatoms. The number of hydrogen-bond acceptors (Lipinski definition) is 4. The molecule has 1 aromatic heterocycles. The van der Waals surface area contributed by atoms with Gasteiger partial charge in [-0.15, -0.1) is 0 Å². The molecule has 7 atom stereocenters. The van der Waals surface area contributed by atoms with Crippen LogP contribution in [0.25, 0.3) is 5.57 Å². The van der Waals surface area contributed by atoms with Gasteiger partial charge in [-0.1, -0.05) is 121 Å². The second kappa shape index (κ2) is 13.8. The zero-order valence-corrected chi connectivity index (χ0v) is 33.3. The summed E-state index contributed by atoms with van der Waals surface area (Å²) < 4.78 is 0. The minimum Gasteiger partial charge on any atom is -0.364 e. The second-order valence-corrected chi connectivity index (χ2v) is 18.5. The molecule has 3 nitrogen and oxygen atoms in total. The van der Waals surface area contributed by atoms with Crippen LogP contribution in [0.3, 0.4) is 0 Å². The van der Waals surface area contributed by atoms with E-state index in [0.29, 0.717) is 29.8 Å². The van der Waals surface area contributed by atoms with E-state index in [1.54, 1.807) is 26.7 Å². The number of aromatic nitrogens is 1. The third kappa shape index (κ3) is 5.65. The molecule has 0 spiro atoms. The van der Waals surface area contributed by atoms with Crippen molar-refractivity contribution in [2.45, 2.75) is 87.7 Å². The Morgan fingerprint density at radius 2 is 1.65 bits per heavy atom. The fourth-order valence-electron chi connectivity index (χ4n) is 11.6. The van der Waals surface area contributed by atoms with Gasteiger partial charge in [-0.2, -0.15) is 0 Å². The van der Waals surface area contributed by atoms with E-state index in [9.17, 15) is 0 Å². The normalized spacial score (nSPS) is 31.6. The molecule has 0 bridgehead atoms. The van der Waals surface area contributed by atoms with E-state index in [2.05, 4.69) is 155 Å². The van der Waals surface area contributed by atoms with Crippen LogP contribution in [0.2, 0.25) is 0 Å². The van der Waals surface area contributed by atoms with Gasteiger partial charge in [0, 0.05) is 58.7 Å². The van der Waals surface area contributed by atoms with E-state index < -0.39 is 0 Å². The molecule has 2 aromatic rings. The monoisotopic (exact) mass is 759 g/mol. The van der Waals surface area contributed by atoms with Crippen LogP contribution in [-0.2, 0) is 0 Å². The summed E-state index contributed by atoms with van der Waals surface area (Å²) in [4.78, 5) is 13.7. The van der Waals surface area contributed by atoms with E-state index in [4.69, 9.17) is 4.98 Å². The molecule has 0 saturated carbocycles. The van der Waals surface area contributed by atoms with Crippen molar-refractivity contribution in [3.8, 4) is 0 Å². The number of rotatable bonds is 5. The number of nitrogens with zero attached hydrogens (tertiary/aromatic N) is 3. The zero-order chi connectivity index (χ0) is 37.5. The third-order valence-electron chi connectivity index (χ3n) is 14.2. The first-order valence-electron chi connectivity index (χ1n) is 21.6. The molecule has 0 N–H and O–H groups in total. The number of hydrogen-bond donors (Lipinski definition) is 0. The van der Waals surface area contributed by atoms with Crippen molar-refractivity contribution < 1.29 is 0 Å². The summed E-state index contributed by atoms with van der Waals surface area (Å²) in [6.07, 6.45) is 53.6. The molecule has 0 radical (unpaired) electrons. The summed E-state index contributed by atoms with van der Waals surface area (Å²) in [5, 5.41) is 0. The quantitative estimate of drug-likeness (QED) is 0.302. The van der Waals surface area contributed by atoms with Crippen LogP contribution in [0.15, 0.2) is 189 Å². The lowest BCUT2D eigenvalue weighted by Gasteiger charge is -2.41. The highest BCUT2D eigenvalue weighted by atomic mass is 32.2. The summed E-state index contributed by atoms with van der Waals surface area (Å²) >= 11 is 2.10. The summed E-state index contributed by atoms with van der Waals surface area (Å²) in [5.74, 6) is 1.53. The highest BCUT2D eigenvalue weighted by molar-refractivity contribution is 8.07. The smallest absolute Gasteiger partial charge is 0.0626 e. The zero-order valence-electron chi connectivity index (χ0n) is 32.5. The van der Waals surface area contributed by atoms with Gasteiger partial charge < -0.3 is 9.80 Å². The number of thioether (sulfide) groups is 1. The second-order valence-electron chi connectivity index (χ2n) is 17.3. The Kier molecular flexibility index (Phi) is 8.24. The number of pyridine rings is 1. The van der Waals surface area contributed by atoms with Crippen molar-refractivity contribution >= 4 is 23.0 Å². The molecule has 12 rings (SSSR count). The van der Waals surface area contributed by atoms with Crippen molar-refractivity contribution in [3.05, 3.63) is 206 Å². The fourth-order valence-corrected chi connectivity index (χ4v) is 13.0. The predicted octanol–water partition coefficient (Wildman–Crippen LogP) is 12.6. The molecule has 7 unspecified atom stereocenters. The SMILES string of the molecule is C1=CC2c3cc(C4=CC5C6=C(CCC=C6)N(C6CC=C7SC8=C(C=CCC8)C7C6)C5C=C4)ccc3N(C3=CC(C4=CCCC=C4)=CC(c4ccccn4)C3)C2C=C1. The Bertz CT molecular complexity index is 2470. The average Bonchev–Trinajstić information content (AvgIpc) is 3.94. The van der Waals surface area contributed by atoms with Crippen molar-refractivity contribution in [3.63, 3.8) is 0 Å². The summed E-state index contributed by atoms with van der Waals surface area (Å²) in [6, 6.07) is 14.9. The number of anilines is 1. The highest BCUT2D eigenvalue weighted by Gasteiger charge is 2.45. The van der Waals surface area contributed by atoms with Gasteiger partial charge in [0.2, 0.25) is 0 Å². The van der Waals surface area contributed by atoms with E-state index in [-0.39, 0.29) is 12.0 Å². The van der Waals surface area contributed by atoms with E-state index in [0.717, 1.165) is 44.2 Å². The summed E-state index contributed by atoms with van der Waals surface area (Å²) in [6.45, 7) is 0. The largest absolute Gasteiger partial charge is 0.364 e. The molecular weight excluding hydrogens is 711 g/mol. The molecule has 10 aliphatic rings. The van der Waals surface area contributed by atoms with Crippen molar-refractivity contribution in [2.75, 3.05) is 4.90 Å². The van der Waals surface area contributed by atoms with Crippen molar-refractivity contribution in [1.82, 2.24) is 9.88 Å². The molecule has 0 amide bonds. The van der Waals surface area contributed by atoms with Gasteiger partial charge in [-0.3, -0.25) is 4.98 Å². The highest BCUT2D eigenvalue weighted by Crippen LogP contribution is 2.56. The Morgan fingerprint density at radius 1 is 0.737 bits per heavy atom. The Balaban J connectivity index is 0.872. The van der Waals surface area contributed by atoms with Crippen LogP contribution in [0.5, 0.6) is 0 Å². The van der Waals surface area contributed by atoms with Crippen LogP contribution in [0, 0.1) is 11.8 Å². The first kappa shape index (κ1) is 34.0. The molecule has 7 aliphatic carbocycles. The molecule has 0 fully saturated rings. The molecular formula is C53H49N3S. The topological polar surface area (TPSA) is 19.4 Å². The van der Waals surface area contributed by atoms with Gasteiger partial charge in [-0.25, -0.2) is 0 Å². The average molecular weight is 760 g/mol. The van der Waals surface area contributed by atoms with Crippen LogP contribution in [-0.4, -0.2) is 28.0 Å². The fraction of sp³-hybridized carbons (Fsp3) is 0.302. The van der Waals surface area contributed by atoms with Crippen LogP contribution < -0.4 is 4.90 Å². The van der Waals surface area contributed by atoms with Crippen LogP contribution in [0.4, 0.5) is 5.69 Å². The first-order chi connectivity index (χ1) is 28.2. The molecule has 0 saturated heterocycles. The van der Waals surface area contributed by atoms with E-state index >= 15 is 0 Å². The number of benzene rings is 1. The molecule has 4 heterocycles. The first-order valence-corrected chi connectivity index (χ1v) is 22.4. The van der Waals surface area contributed by atoms with Crippen molar-refractivity contribution in [1.29, 1.82) is 0 Å². The van der Waals surface area contributed by atoms with Gasteiger partial charge in [0.1, 0.15) is 0 Å². The summed E-state index contributed by atoms with van der Waals surface area (Å²) in [7, 11) is 0. The number of allylic oxidation sites excluding steroid dienone is 20. The van der Waals surface area contributed by atoms with Crippen molar-refractivity contribution in [2.24, 2.45) is 11.8 Å². The standard InChI is InChI=1S/C53H49N3S/c1-2-12-34(13-3-1)37-28-38(47-17-10-11-27-54-47)30-40(29-37)56-49-19-8-5-15-42(49)45-32-36(22-25-51(45)56)35-21-24-50-44(31-35)41-14-4-7-18-48(41)55(50)39-23-26-53-46(33-39)43-16-6-9-20-52(43)57-53/h2,4-6,8,10-17,19,21-22,24-29,31-32,38-39,42,44,46,49-50H,1,3,7,9,18,20,23,30,33H2. The van der Waals surface area contributed by atoms with Gasteiger partial charge in [0.25, 0.3) is 0 Å². The van der Waals surface area contributed by atoms with Crippen LogP contribution in [0.1, 0.15) is 86.4 Å². The van der Waals surface area contributed by atoms with Gasteiger partial charge in [0.15, 0.2) is 0 Å². The lowest BCUT2D eigenvalue weighted by molar-refractivity contribution is 0.189. The molecule has 57 heavy (non-hydrogen) atoms. The Morgan fingerprint density at radius 3 is 2.56 bits per heavy atom. The maximum absolute atomic E-state index is 4.86. The minimum absolute atomic E-state index is 0.231. The van der Waals surface area contributed by atoms with Gasteiger partial charge in [0.05, 0.1) is 12.1 Å². The maximum atomic E-state index is 4.86. The lowest BCUT2D eigenvalue weighted by atomic mass is 9.81. The minimum atomic E-state index is 0.231. The van der Waals surface area contributed by atoms with E-state index in [1.165, 1.54) is 58.5 Å².